The van der Waals surface area contributed by atoms with E-state index in [-0.39, 0.29) is 17.8 Å². The summed E-state index contributed by atoms with van der Waals surface area (Å²) in [4.78, 5) is 35.2. The fourth-order valence-electron chi connectivity index (χ4n) is 4.51. The molecule has 10 nitrogen and oxygen atoms in total. The van der Waals surface area contributed by atoms with Gasteiger partial charge >= 0.3 is 12.1 Å². The highest BCUT2D eigenvalue weighted by Crippen LogP contribution is 2.33. The number of carboxylic acids is 1. The lowest BCUT2D eigenvalue weighted by Gasteiger charge is -2.32. The molecule has 1 aliphatic carbocycles. The van der Waals surface area contributed by atoms with Crippen LogP contribution in [-0.2, 0) is 11.3 Å². The highest BCUT2D eigenvalue weighted by Gasteiger charge is 2.38. The van der Waals surface area contributed by atoms with Gasteiger partial charge < -0.3 is 10.0 Å². The number of nitriles is 1. The van der Waals surface area contributed by atoms with E-state index in [4.69, 9.17) is 9.90 Å². The van der Waals surface area contributed by atoms with Gasteiger partial charge in [0.2, 0.25) is 5.82 Å². The van der Waals surface area contributed by atoms with Gasteiger partial charge in [0, 0.05) is 44.5 Å². The third-order valence-corrected chi connectivity index (χ3v) is 7.33. The number of halogens is 4. The average Bonchev–Trinajstić information content (AvgIpc) is 3.35. The Kier molecular flexibility index (Phi) is 10.8. The first-order chi connectivity index (χ1) is 18.9. The van der Waals surface area contributed by atoms with Crippen LogP contribution in [0.2, 0.25) is 0 Å². The van der Waals surface area contributed by atoms with Gasteiger partial charge in [0.25, 0.3) is 5.91 Å². The summed E-state index contributed by atoms with van der Waals surface area (Å²) in [6.45, 7) is 7.41. The fourth-order valence-corrected chi connectivity index (χ4v) is 4.89. The van der Waals surface area contributed by atoms with Crippen molar-refractivity contribution in [2.24, 2.45) is 5.92 Å². The molecule has 2 heterocycles. The van der Waals surface area contributed by atoms with Crippen LogP contribution in [0.5, 0.6) is 0 Å². The molecule has 1 aromatic carbocycles. The minimum absolute atomic E-state index is 0.0757. The Morgan fingerprint density at radius 3 is 2.35 bits per heavy atom. The molecule has 1 saturated heterocycles. The Hall–Kier alpha value is -3.28. The molecule has 0 spiro atoms. The largest absolute Gasteiger partial charge is 0.490 e. The summed E-state index contributed by atoms with van der Waals surface area (Å²) in [6.07, 6.45) is -0.538. The van der Waals surface area contributed by atoms with Crippen molar-refractivity contribution in [3.63, 3.8) is 0 Å². The highest BCUT2D eigenvalue weighted by atomic mass is 79.9. The number of anilines is 1. The van der Waals surface area contributed by atoms with Gasteiger partial charge in [-0.25, -0.2) is 9.78 Å². The normalized spacial score (nSPS) is 19.7. The molecule has 2 unspecified atom stereocenters. The van der Waals surface area contributed by atoms with E-state index in [1.165, 1.54) is 5.56 Å². The van der Waals surface area contributed by atoms with Crippen LogP contribution < -0.4 is 10.4 Å². The van der Waals surface area contributed by atoms with Gasteiger partial charge in [-0.15, -0.1) is 0 Å². The summed E-state index contributed by atoms with van der Waals surface area (Å²) in [5.41, 5.74) is 4.86. The number of nitrogens with one attached hydrogen (secondary N) is 1. The van der Waals surface area contributed by atoms with E-state index in [2.05, 4.69) is 55.1 Å². The number of rotatable bonds is 6. The van der Waals surface area contributed by atoms with Gasteiger partial charge in [0.05, 0.1) is 10.5 Å². The van der Waals surface area contributed by atoms with E-state index >= 15 is 0 Å². The first kappa shape index (κ1) is 31.3. The van der Waals surface area contributed by atoms with Gasteiger partial charge in [-0.1, -0.05) is 19.1 Å². The summed E-state index contributed by atoms with van der Waals surface area (Å²) in [5, 5.41) is 18.2. The van der Waals surface area contributed by atoms with Crippen molar-refractivity contribution in [3.05, 3.63) is 51.9 Å². The van der Waals surface area contributed by atoms with Gasteiger partial charge in [-0.3, -0.25) is 20.1 Å². The lowest BCUT2D eigenvalue weighted by Crippen LogP contribution is -2.49. The van der Waals surface area contributed by atoms with Gasteiger partial charge in [0.15, 0.2) is 5.82 Å². The number of carboxylic acid groups (broad SMARTS) is 1. The number of hydrazine groups is 1. The maximum atomic E-state index is 13.2. The van der Waals surface area contributed by atoms with Gasteiger partial charge in [0.1, 0.15) is 6.07 Å². The molecule has 2 fully saturated rings. The summed E-state index contributed by atoms with van der Waals surface area (Å²) in [5.74, 6) is -1.79. The average molecular weight is 626 g/mol. The SMILES string of the molecule is CC1CCC(N(NC(=O)c2ccc(CN3CCN(C)CC3)cc2)c2nc(C#N)ncc2Br)C1.O=C(O)C(F)(F)F. The number of aromatic nitrogens is 2. The van der Waals surface area contributed by atoms with E-state index in [1.807, 2.05) is 35.3 Å². The maximum absolute atomic E-state index is 13.2. The number of carbonyl (C=O) groups excluding carboxylic acids is 1. The Labute approximate surface area is 238 Å². The van der Waals surface area contributed by atoms with E-state index in [0.29, 0.717) is 21.8 Å². The molecular formula is C26H31BrF3N7O3. The second-order valence-corrected chi connectivity index (χ2v) is 10.8. The van der Waals surface area contributed by atoms with Crippen molar-refractivity contribution in [2.75, 3.05) is 38.2 Å². The monoisotopic (exact) mass is 625 g/mol. The number of hydrogen-bond donors (Lipinski definition) is 2. The van der Waals surface area contributed by atoms with E-state index < -0.39 is 12.1 Å². The van der Waals surface area contributed by atoms with Crippen LogP contribution in [0.25, 0.3) is 0 Å². The molecule has 2 N–H and O–H groups in total. The molecule has 216 valence electrons. The lowest BCUT2D eigenvalue weighted by atomic mass is 10.1. The van der Waals surface area contributed by atoms with Gasteiger partial charge in [-0.2, -0.15) is 23.4 Å². The topological polar surface area (TPSA) is 126 Å². The Bertz CT molecular complexity index is 1220. The fraction of sp³-hybridized carbons (Fsp3) is 0.500. The predicted octanol–water partition coefficient (Wildman–Crippen LogP) is 3.83. The van der Waals surface area contributed by atoms with E-state index in [9.17, 15) is 23.2 Å². The summed E-state index contributed by atoms with van der Waals surface area (Å²) < 4.78 is 32.4. The lowest BCUT2D eigenvalue weighted by molar-refractivity contribution is -0.192. The maximum Gasteiger partial charge on any atom is 0.490 e. The molecule has 0 radical (unpaired) electrons. The summed E-state index contributed by atoms with van der Waals surface area (Å²) in [7, 11) is 2.15. The molecule has 40 heavy (non-hydrogen) atoms. The quantitative estimate of drug-likeness (QED) is 0.461. The molecule has 1 amide bonds. The minimum Gasteiger partial charge on any atom is -0.475 e. The zero-order valence-electron chi connectivity index (χ0n) is 22.2. The molecular weight excluding hydrogens is 595 g/mol. The number of aliphatic carboxylic acids is 1. The van der Waals surface area contributed by atoms with Crippen LogP contribution in [-0.4, -0.2) is 82.2 Å². The Balaban J connectivity index is 0.000000559. The highest BCUT2D eigenvalue weighted by molar-refractivity contribution is 9.10. The molecule has 14 heteroatoms. The number of alkyl halides is 3. The molecule has 1 aromatic heterocycles. The Morgan fingerprint density at radius 2 is 1.82 bits per heavy atom. The molecule has 0 bridgehead atoms. The van der Waals surface area contributed by atoms with E-state index in [0.717, 1.165) is 52.0 Å². The molecule has 2 atom stereocenters. The third kappa shape index (κ3) is 8.87. The Morgan fingerprint density at radius 1 is 1.20 bits per heavy atom. The number of nitrogens with zero attached hydrogens (tertiary/aromatic N) is 6. The summed E-state index contributed by atoms with van der Waals surface area (Å²) in [6, 6.07) is 9.92. The molecule has 2 aliphatic rings. The molecule has 1 aliphatic heterocycles. The number of benzene rings is 1. The van der Waals surface area contributed by atoms with Gasteiger partial charge in [-0.05, 0) is 65.9 Å². The number of piperazine rings is 1. The predicted molar refractivity (Wildman–Crippen MR) is 144 cm³/mol. The van der Waals surface area contributed by atoms with Crippen LogP contribution in [0.1, 0.15) is 47.9 Å². The second-order valence-electron chi connectivity index (χ2n) is 9.94. The van der Waals surface area contributed by atoms with E-state index in [1.54, 1.807) is 6.20 Å². The first-order valence-corrected chi connectivity index (χ1v) is 13.5. The number of amides is 1. The van der Waals surface area contributed by atoms with Crippen molar-refractivity contribution < 1.29 is 27.9 Å². The zero-order valence-corrected chi connectivity index (χ0v) is 23.7. The molecule has 2 aromatic rings. The van der Waals surface area contributed by atoms with Crippen LogP contribution in [0, 0.1) is 17.2 Å². The van der Waals surface area contributed by atoms with Crippen molar-refractivity contribution in [1.82, 2.24) is 25.2 Å². The number of carbonyl (C=O) groups is 2. The van der Waals surface area contributed by atoms with Crippen LogP contribution in [0.15, 0.2) is 34.9 Å². The van der Waals surface area contributed by atoms with Crippen molar-refractivity contribution in [3.8, 4) is 6.07 Å². The van der Waals surface area contributed by atoms with Crippen molar-refractivity contribution in [1.29, 1.82) is 5.26 Å². The number of likely N-dealkylation sites (N-methyl/N-ethyl adjacent to an activating group) is 1. The second kappa shape index (κ2) is 13.9. The number of hydrogen-bond acceptors (Lipinski definition) is 8. The molecule has 1 saturated carbocycles. The smallest absolute Gasteiger partial charge is 0.475 e. The van der Waals surface area contributed by atoms with Crippen LogP contribution in [0.4, 0.5) is 19.0 Å². The van der Waals surface area contributed by atoms with Crippen LogP contribution >= 0.6 is 15.9 Å². The van der Waals surface area contributed by atoms with Crippen molar-refractivity contribution in [2.45, 2.75) is 44.9 Å². The van der Waals surface area contributed by atoms with Crippen molar-refractivity contribution >= 4 is 33.6 Å². The minimum atomic E-state index is -5.08. The third-order valence-electron chi connectivity index (χ3n) is 6.77. The standard InChI is InChI=1S/C24H30BrN7O.C2HF3O2/c1-17-3-8-20(13-17)32(23-21(25)15-27-22(14-26)28-23)29-24(33)19-6-4-18(5-7-19)16-31-11-9-30(2)10-12-31;3-2(4,5)1(6)7/h4-7,15,17,20H,3,8-13,16H2,1-2H3,(H,29,33);(H,6,7). The van der Waals surface area contributed by atoms with Crippen LogP contribution in [0.3, 0.4) is 0 Å². The zero-order chi connectivity index (χ0) is 29.4. The first-order valence-electron chi connectivity index (χ1n) is 12.7. The summed E-state index contributed by atoms with van der Waals surface area (Å²) >= 11 is 3.49. The molecule has 4 rings (SSSR count).